The van der Waals surface area contributed by atoms with Crippen LogP contribution in [0.3, 0.4) is 0 Å². The van der Waals surface area contributed by atoms with Crippen LogP contribution in [-0.4, -0.2) is 17.6 Å². The molecule has 0 aliphatic rings. The van der Waals surface area contributed by atoms with Crippen LogP contribution in [0.25, 0.3) is 0 Å². The Labute approximate surface area is 210 Å². The van der Waals surface area contributed by atoms with Crippen molar-refractivity contribution in [3.63, 3.8) is 0 Å². The van der Waals surface area contributed by atoms with Gasteiger partial charge in [-0.25, -0.2) is 0 Å². The van der Waals surface area contributed by atoms with Crippen molar-refractivity contribution in [2.45, 2.75) is 111 Å². The molecule has 3 atom stereocenters. The van der Waals surface area contributed by atoms with E-state index in [1.54, 1.807) is 0 Å². The fraction of sp³-hybridized carbons (Fsp3) is 0.710. The molecule has 0 radical (unpaired) electrons. The highest BCUT2D eigenvalue weighted by Crippen LogP contribution is 2.32. The number of benzene rings is 1. The van der Waals surface area contributed by atoms with Crippen molar-refractivity contribution < 1.29 is 9.90 Å². The minimum absolute atomic E-state index is 0.195. The topological polar surface area (TPSA) is 63.3 Å². The Hall–Kier alpha value is -1.61. The van der Waals surface area contributed by atoms with Crippen molar-refractivity contribution in [3.05, 3.63) is 48.0 Å². The van der Waals surface area contributed by atoms with Crippen molar-refractivity contribution in [3.8, 4) is 0 Å². The fourth-order valence-electron chi connectivity index (χ4n) is 5.05. The number of hydrogen-bond donors (Lipinski definition) is 2. The number of carboxylic acid groups (broad SMARTS) is 1. The molecule has 3 unspecified atom stereocenters. The van der Waals surface area contributed by atoms with Crippen molar-refractivity contribution >= 4 is 5.97 Å². The number of unbranched alkanes of at least 4 members (excludes halogenated alkanes) is 4. The molecule has 0 heterocycles. The van der Waals surface area contributed by atoms with E-state index < -0.39 is 5.97 Å². The summed E-state index contributed by atoms with van der Waals surface area (Å²) in [5.74, 6) is 1.33. The Morgan fingerprint density at radius 3 is 2.29 bits per heavy atom. The maximum atomic E-state index is 11.7. The van der Waals surface area contributed by atoms with Crippen molar-refractivity contribution in [1.82, 2.24) is 0 Å². The van der Waals surface area contributed by atoms with Gasteiger partial charge in [0, 0.05) is 6.42 Å². The standard InChI is InChI=1S/C31H53NO2/c1-4-5-6-7-8-9-11-16-28(18-17-26(2)3)19-21-29(23-24-32)30(25-31(33)34)22-20-27-14-12-10-13-15-27/h9-15,26,28-30H,4-8,16-25,32H2,1-3H3,(H,33,34). The second-order valence-electron chi connectivity index (χ2n) is 10.7. The second-order valence-corrected chi connectivity index (χ2v) is 10.7. The third-order valence-electron chi connectivity index (χ3n) is 7.25. The van der Waals surface area contributed by atoms with Crippen LogP contribution in [0.1, 0.15) is 110 Å². The molecule has 0 fully saturated rings. The van der Waals surface area contributed by atoms with Crippen LogP contribution in [0, 0.1) is 23.7 Å². The van der Waals surface area contributed by atoms with Crippen LogP contribution in [0.15, 0.2) is 42.5 Å². The van der Waals surface area contributed by atoms with Gasteiger partial charge in [-0.05, 0) is 93.6 Å². The van der Waals surface area contributed by atoms with Crippen LogP contribution in [0.2, 0.25) is 0 Å². The van der Waals surface area contributed by atoms with Gasteiger partial charge in [-0.1, -0.05) is 88.9 Å². The molecule has 0 saturated heterocycles. The maximum Gasteiger partial charge on any atom is 0.303 e. The number of rotatable bonds is 21. The minimum atomic E-state index is -0.678. The highest BCUT2D eigenvalue weighted by atomic mass is 16.4. The number of allylic oxidation sites excluding steroid dienone is 2. The van der Waals surface area contributed by atoms with Gasteiger partial charge in [0.05, 0.1) is 0 Å². The Morgan fingerprint density at radius 2 is 1.65 bits per heavy atom. The average Bonchev–Trinajstić information content (AvgIpc) is 2.81. The van der Waals surface area contributed by atoms with E-state index in [0.29, 0.717) is 18.4 Å². The smallest absolute Gasteiger partial charge is 0.303 e. The molecule has 3 heteroatoms. The molecule has 3 N–H and O–H groups in total. The van der Waals surface area contributed by atoms with Crippen molar-refractivity contribution in [1.29, 1.82) is 0 Å². The second kappa shape index (κ2) is 19.7. The summed E-state index contributed by atoms with van der Waals surface area (Å²) in [5, 5.41) is 9.60. The lowest BCUT2D eigenvalue weighted by molar-refractivity contribution is -0.138. The molecule has 0 saturated carbocycles. The monoisotopic (exact) mass is 471 g/mol. The van der Waals surface area contributed by atoms with Gasteiger partial charge in [0.15, 0.2) is 0 Å². The Balaban J connectivity index is 2.71. The third kappa shape index (κ3) is 15.3. The Bertz CT molecular complexity index is 640. The van der Waals surface area contributed by atoms with Crippen LogP contribution in [-0.2, 0) is 11.2 Å². The first kappa shape index (κ1) is 30.4. The molecule has 194 valence electrons. The minimum Gasteiger partial charge on any atom is -0.481 e. The number of nitrogens with two attached hydrogens (primary N) is 1. The van der Waals surface area contributed by atoms with E-state index in [1.165, 1.54) is 56.9 Å². The van der Waals surface area contributed by atoms with E-state index in [1.807, 2.05) is 6.07 Å². The molecular weight excluding hydrogens is 418 g/mol. The number of aliphatic carboxylic acids is 1. The molecule has 0 aromatic heterocycles. The summed E-state index contributed by atoms with van der Waals surface area (Å²) in [7, 11) is 0. The molecule has 1 aromatic rings. The highest BCUT2D eigenvalue weighted by molar-refractivity contribution is 5.67. The van der Waals surface area contributed by atoms with E-state index in [2.05, 4.69) is 57.2 Å². The summed E-state index contributed by atoms with van der Waals surface area (Å²) in [6, 6.07) is 10.5. The summed E-state index contributed by atoms with van der Waals surface area (Å²) >= 11 is 0. The predicted octanol–water partition coefficient (Wildman–Crippen LogP) is 8.42. The lowest BCUT2D eigenvalue weighted by Crippen LogP contribution is -2.23. The predicted molar refractivity (Wildman–Crippen MR) is 147 cm³/mol. The summed E-state index contributed by atoms with van der Waals surface area (Å²) in [5.41, 5.74) is 7.29. The molecule has 1 rings (SSSR count). The SMILES string of the molecule is CCCCCCC=CCC(CCC(C)C)CCC(CCN)C(CCc1ccccc1)CC(=O)O. The Kier molecular flexibility index (Phi) is 17.6. The summed E-state index contributed by atoms with van der Waals surface area (Å²) in [6.45, 7) is 7.52. The first-order chi connectivity index (χ1) is 16.5. The van der Waals surface area contributed by atoms with Crippen molar-refractivity contribution in [2.75, 3.05) is 6.54 Å². The van der Waals surface area contributed by atoms with Gasteiger partial charge in [-0.3, -0.25) is 4.79 Å². The van der Waals surface area contributed by atoms with Gasteiger partial charge < -0.3 is 10.8 Å². The maximum absolute atomic E-state index is 11.7. The molecular formula is C31H53NO2. The van der Waals surface area contributed by atoms with Gasteiger partial charge in [-0.2, -0.15) is 0 Å². The van der Waals surface area contributed by atoms with E-state index in [0.717, 1.165) is 38.0 Å². The van der Waals surface area contributed by atoms with Gasteiger partial charge >= 0.3 is 5.97 Å². The number of carbonyl (C=O) groups is 1. The zero-order valence-electron chi connectivity index (χ0n) is 22.4. The first-order valence-electron chi connectivity index (χ1n) is 14.1. The molecule has 0 bridgehead atoms. The number of hydrogen-bond acceptors (Lipinski definition) is 2. The number of aryl methyl sites for hydroxylation is 1. The van der Waals surface area contributed by atoms with E-state index in [9.17, 15) is 9.90 Å². The molecule has 3 nitrogen and oxygen atoms in total. The first-order valence-corrected chi connectivity index (χ1v) is 14.1. The zero-order valence-corrected chi connectivity index (χ0v) is 22.4. The molecule has 1 aromatic carbocycles. The quantitative estimate of drug-likeness (QED) is 0.140. The van der Waals surface area contributed by atoms with Gasteiger partial charge in [0.25, 0.3) is 0 Å². The summed E-state index contributed by atoms with van der Waals surface area (Å²) in [6.07, 6.45) is 20.3. The fourth-order valence-corrected chi connectivity index (χ4v) is 5.05. The van der Waals surface area contributed by atoms with Gasteiger partial charge in [0.1, 0.15) is 0 Å². The lowest BCUT2D eigenvalue weighted by Gasteiger charge is -2.28. The molecule has 0 amide bonds. The van der Waals surface area contributed by atoms with Crippen LogP contribution >= 0.6 is 0 Å². The molecule has 0 aliphatic heterocycles. The van der Waals surface area contributed by atoms with E-state index >= 15 is 0 Å². The lowest BCUT2D eigenvalue weighted by atomic mass is 9.78. The largest absolute Gasteiger partial charge is 0.481 e. The highest BCUT2D eigenvalue weighted by Gasteiger charge is 2.24. The number of carboxylic acids is 1. The molecule has 34 heavy (non-hydrogen) atoms. The Morgan fingerprint density at radius 1 is 0.912 bits per heavy atom. The van der Waals surface area contributed by atoms with Crippen LogP contribution < -0.4 is 5.73 Å². The summed E-state index contributed by atoms with van der Waals surface area (Å²) < 4.78 is 0. The van der Waals surface area contributed by atoms with Crippen LogP contribution in [0.5, 0.6) is 0 Å². The van der Waals surface area contributed by atoms with E-state index in [4.69, 9.17) is 5.73 Å². The average molecular weight is 472 g/mol. The van der Waals surface area contributed by atoms with Crippen LogP contribution in [0.4, 0.5) is 0 Å². The third-order valence-corrected chi connectivity index (χ3v) is 7.25. The van der Waals surface area contributed by atoms with Crippen molar-refractivity contribution in [2.24, 2.45) is 29.4 Å². The molecule has 0 spiro atoms. The van der Waals surface area contributed by atoms with E-state index in [-0.39, 0.29) is 12.3 Å². The normalized spacial score (nSPS) is 14.5. The zero-order chi connectivity index (χ0) is 25.0. The van der Waals surface area contributed by atoms with Gasteiger partial charge in [0.2, 0.25) is 0 Å². The molecule has 0 aliphatic carbocycles. The van der Waals surface area contributed by atoms with Gasteiger partial charge in [-0.15, -0.1) is 0 Å². The summed E-state index contributed by atoms with van der Waals surface area (Å²) in [4.78, 5) is 11.7.